The summed E-state index contributed by atoms with van der Waals surface area (Å²) in [5, 5.41) is 9.65. The van der Waals surface area contributed by atoms with Crippen molar-refractivity contribution in [3.63, 3.8) is 0 Å². The molecular formula is C20H18F3N3O5S. The van der Waals surface area contributed by atoms with E-state index in [1.54, 1.807) is 0 Å². The minimum Gasteiger partial charge on any atom is -0.497 e. The van der Waals surface area contributed by atoms with Gasteiger partial charge < -0.3 is 9.15 Å². The molecule has 170 valence electrons. The number of carbonyl (C=O) groups excluding carboxylic acids is 1. The van der Waals surface area contributed by atoms with Crippen molar-refractivity contribution in [2.24, 2.45) is 0 Å². The number of carbonyl (C=O) groups is 1. The average Bonchev–Trinajstić information content (AvgIpc) is 3.21. The molecule has 2 aromatic carbocycles. The van der Waals surface area contributed by atoms with Crippen LogP contribution in [0.3, 0.4) is 0 Å². The Morgan fingerprint density at radius 2 is 1.72 bits per heavy atom. The molecule has 0 saturated heterocycles. The smallest absolute Gasteiger partial charge is 0.416 e. The first-order valence-corrected chi connectivity index (χ1v) is 10.9. The minimum absolute atomic E-state index is 0.0556. The highest BCUT2D eigenvalue weighted by Crippen LogP contribution is 2.31. The molecule has 0 aliphatic carbocycles. The third-order valence-corrected chi connectivity index (χ3v) is 6.18. The van der Waals surface area contributed by atoms with Gasteiger partial charge >= 0.3 is 12.2 Å². The van der Waals surface area contributed by atoms with Crippen LogP contribution in [-0.4, -0.2) is 37.4 Å². The molecule has 3 aromatic rings. The predicted octanol–water partition coefficient (Wildman–Crippen LogP) is 3.96. The summed E-state index contributed by atoms with van der Waals surface area (Å²) in [6.45, 7) is 0. The van der Waals surface area contributed by atoms with Crippen LogP contribution in [0.1, 0.15) is 18.4 Å². The van der Waals surface area contributed by atoms with Gasteiger partial charge in [0.25, 0.3) is 0 Å². The molecule has 12 heteroatoms. The van der Waals surface area contributed by atoms with Crippen molar-refractivity contribution in [2.45, 2.75) is 23.9 Å². The zero-order valence-corrected chi connectivity index (χ0v) is 17.5. The van der Waals surface area contributed by atoms with E-state index < -0.39 is 27.5 Å². The van der Waals surface area contributed by atoms with Crippen molar-refractivity contribution in [3.05, 3.63) is 54.1 Å². The Morgan fingerprint density at radius 3 is 2.31 bits per heavy atom. The molecule has 3 rings (SSSR count). The molecule has 1 aromatic heterocycles. The lowest BCUT2D eigenvalue weighted by Gasteiger charge is -2.06. The number of hydrogen-bond donors (Lipinski definition) is 1. The Bertz CT molecular complexity index is 1170. The number of methoxy groups -OCH3 is 1. The molecule has 0 spiro atoms. The van der Waals surface area contributed by atoms with Crippen molar-refractivity contribution in [3.8, 4) is 17.2 Å². The Morgan fingerprint density at radius 1 is 1.06 bits per heavy atom. The fourth-order valence-corrected chi connectivity index (χ4v) is 4.01. The van der Waals surface area contributed by atoms with E-state index in [0.717, 1.165) is 12.1 Å². The Labute approximate surface area is 181 Å². The normalized spacial score (nSPS) is 11.9. The summed E-state index contributed by atoms with van der Waals surface area (Å²) in [4.78, 5) is 12.2. The van der Waals surface area contributed by atoms with Crippen molar-refractivity contribution in [1.29, 1.82) is 0 Å². The lowest BCUT2D eigenvalue weighted by atomic mass is 10.1. The number of aromatic nitrogens is 2. The van der Waals surface area contributed by atoms with E-state index in [1.165, 1.54) is 43.5 Å². The second-order valence-electron chi connectivity index (χ2n) is 6.63. The van der Waals surface area contributed by atoms with Crippen LogP contribution in [0.2, 0.25) is 0 Å². The summed E-state index contributed by atoms with van der Waals surface area (Å²) >= 11 is 0. The topological polar surface area (TPSA) is 111 Å². The Hall–Kier alpha value is -3.41. The van der Waals surface area contributed by atoms with E-state index in [1.807, 2.05) is 0 Å². The number of nitrogens with zero attached hydrogens (tertiary/aromatic N) is 2. The second kappa shape index (κ2) is 9.39. The molecule has 1 heterocycles. The highest BCUT2D eigenvalue weighted by atomic mass is 32.2. The average molecular weight is 469 g/mol. The summed E-state index contributed by atoms with van der Waals surface area (Å²) < 4.78 is 72.8. The van der Waals surface area contributed by atoms with Gasteiger partial charge in [-0.2, -0.15) is 13.2 Å². The van der Waals surface area contributed by atoms with E-state index in [4.69, 9.17) is 9.15 Å². The van der Waals surface area contributed by atoms with E-state index in [-0.39, 0.29) is 41.0 Å². The van der Waals surface area contributed by atoms with Crippen LogP contribution in [0.4, 0.5) is 19.2 Å². The molecule has 0 radical (unpaired) electrons. The number of hydrogen-bond acceptors (Lipinski definition) is 7. The van der Waals surface area contributed by atoms with E-state index in [0.29, 0.717) is 5.75 Å². The predicted molar refractivity (Wildman–Crippen MR) is 108 cm³/mol. The van der Waals surface area contributed by atoms with Crippen LogP contribution >= 0.6 is 0 Å². The number of amides is 1. The number of alkyl halides is 3. The van der Waals surface area contributed by atoms with Crippen LogP contribution < -0.4 is 10.1 Å². The summed E-state index contributed by atoms with van der Waals surface area (Å²) in [7, 11) is -2.10. The van der Waals surface area contributed by atoms with Crippen LogP contribution in [0.25, 0.3) is 11.5 Å². The number of anilines is 1. The molecule has 32 heavy (non-hydrogen) atoms. The molecule has 1 N–H and O–H groups in total. The zero-order valence-electron chi connectivity index (χ0n) is 16.7. The number of nitrogens with one attached hydrogen (secondary N) is 1. The van der Waals surface area contributed by atoms with Gasteiger partial charge in [-0.25, -0.2) is 8.42 Å². The number of ether oxygens (including phenoxy) is 1. The maximum atomic E-state index is 12.6. The summed E-state index contributed by atoms with van der Waals surface area (Å²) in [6, 6.07) is 9.76. The number of sulfone groups is 1. The van der Waals surface area contributed by atoms with E-state index in [9.17, 15) is 26.4 Å². The standard InChI is InChI=1S/C20H18F3N3O5S/c1-30-15-8-10-16(11-9-15)32(28,29)12-2-3-17(27)24-19-26-25-18(31-19)13-4-6-14(7-5-13)20(21,22)23/h4-11H,2-3,12H2,1H3,(H,24,26,27). The summed E-state index contributed by atoms with van der Waals surface area (Å²) in [5.74, 6) is -0.333. The molecule has 0 aliphatic heterocycles. The van der Waals surface area contributed by atoms with Crippen molar-refractivity contribution in [1.82, 2.24) is 10.2 Å². The van der Waals surface area contributed by atoms with Gasteiger partial charge in [0.15, 0.2) is 9.84 Å². The summed E-state index contributed by atoms with van der Waals surface area (Å²) in [6.07, 6.45) is -4.53. The lowest BCUT2D eigenvalue weighted by Crippen LogP contribution is -2.14. The van der Waals surface area contributed by atoms with E-state index in [2.05, 4.69) is 15.5 Å². The van der Waals surface area contributed by atoms with Gasteiger partial charge in [0.1, 0.15) is 5.75 Å². The van der Waals surface area contributed by atoms with Crippen molar-refractivity contribution >= 4 is 21.8 Å². The fourth-order valence-electron chi connectivity index (χ4n) is 2.70. The molecule has 8 nitrogen and oxygen atoms in total. The first kappa shape index (κ1) is 23.3. The van der Waals surface area contributed by atoms with Crippen molar-refractivity contribution in [2.75, 3.05) is 18.2 Å². The highest BCUT2D eigenvalue weighted by molar-refractivity contribution is 7.91. The second-order valence-corrected chi connectivity index (χ2v) is 8.74. The SMILES string of the molecule is COc1ccc(S(=O)(=O)CCCC(=O)Nc2nnc(-c3ccc(C(F)(F)F)cc3)o2)cc1. The van der Waals surface area contributed by atoms with Gasteiger partial charge in [0.2, 0.25) is 11.8 Å². The van der Waals surface area contributed by atoms with Gasteiger partial charge in [0, 0.05) is 12.0 Å². The molecule has 0 fully saturated rings. The third-order valence-electron chi connectivity index (χ3n) is 4.37. The quantitative estimate of drug-likeness (QED) is 0.532. The van der Waals surface area contributed by atoms with Gasteiger partial charge in [-0.1, -0.05) is 5.10 Å². The third kappa shape index (κ3) is 5.84. The largest absolute Gasteiger partial charge is 0.497 e. The Kier molecular flexibility index (Phi) is 6.82. The fraction of sp³-hybridized carbons (Fsp3) is 0.250. The van der Waals surface area contributed by atoms with Gasteiger partial charge in [-0.15, -0.1) is 5.10 Å². The lowest BCUT2D eigenvalue weighted by molar-refractivity contribution is -0.137. The molecule has 0 atom stereocenters. The molecule has 1 amide bonds. The first-order valence-electron chi connectivity index (χ1n) is 9.26. The van der Waals surface area contributed by atoms with Crippen LogP contribution in [-0.2, 0) is 20.8 Å². The van der Waals surface area contributed by atoms with Gasteiger partial charge in [-0.3, -0.25) is 10.1 Å². The van der Waals surface area contributed by atoms with E-state index >= 15 is 0 Å². The number of halogens is 3. The maximum absolute atomic E-state index is 12.6. The summed E-state index contributed by atoms with van der Waals surface area (Å²) in [5.41, 5.74) is -0.574. The van der Waals surface area contributed by atoms with Gasteiger partial charge in [0.05, 0.1) is 23.3 Å². The van der Waals surface area contributed by atoms with Crippen LogP contribution in [0.15, 0.2) is 57.8 Å². The van der Waals surface area contributed by atoms with Crippen molar-refractivity contribution < 1.29 is 35.5 Å². The zero-order chi connectivity index (χ0) is 23.4. The molecule has 0 unspecified atom stereocenters. The van der Waals surface area contributed by atoms with Crippen LogP contribution in [0.5, 0.6) is 5.75 Å². The first-order chi connectivity index (χ1) is 15.1. The molecule has 0 aliphatic rings. The Balaban J connectivity index is 1.53. The van der Waals surface area contributed by atoms with Gasteiger partial charge in [-0.05, 0) is 55.0 Å². The minimum atomic E-state index is -4.46. The van der Waals surface area contributed by atoms with Crippen LogP contribution in [0, 0.1) is 0 Å². The molecular weight excluding hydrogens is 451 g/mol. The highest BCUT2D eigenvalue weighted by Gasteiger charge is 2.30. The number of benzene rings is 2. The monoisotopic (exact) mass is 469 g/mol. The number of rotatable bonds is 8. The molecule has 0 saturated carbocycles. The maximum Gasteiger partial charge on any atom is 0.416 e. The molecule has 0 bridgehead atoms.